The smallest absolute Gasteiger partial charge is 0.218 e. The van der Waals surface area contributed by atoms with Gasteiger partial charge in [0.1, 0.15) is 0 Å². The highest BCUT2D eigenvalue weighted by Gasteiger charge is 2.27. The van der Waals surface area contributed by atoms with Crippen LogP contribution in [0.1, 0.15) is 36.8 Å². The van der Waals surface area contributed by atoms with Gasteiger partial charge in [0, 0.05) is 56.5 Å². The number of rotatable bonds is 5. The van der Waals surface area contributed by atoms with E-state index in [1.807, 2.05) is 18.5 Å². The molecule has 0 radical (unpaired) electrons. The first-order valence-corrected chi connectivity index (χ1v) is 8.89. The standard InChI is InChI=1S/C20H26N4O/c1-14-10-16(13-24(12-14)9-7-19(21)25)17-6-5-15(11-22-2)20-18(17)4-3-8-23-20/h3-6,8,11,14,16H,7,9-10,12-13H2,1-2H3,(H2,21,25)/b22-11+. The van der Waals surface area contributed by atoms with Crippen LogP contribution in [0.4, 0.5) is 0 Å². The maximum atomic E-state index is 11.1. The van der Waals surface area contributed by atoms with Crippen molar-refractivity contribution in [2.24, 2.45) is 16.6 Å². The first-order chi connectivity index (χ1) is 12.1. The van der Waals surface area contributed by atoms with E-state index in [1.54, 1.807) is 7.05 Å². The minimum Gasteiger partial charge on any atom is -0.370 e. The molecule has 5 heteroatoms. The second kappa shape index (κ2) is 7.74. The van der Waals surface area contributed by atoms with Gasteiger partial charge in [-0.3, -0.25) is 14.8 Å². The number of hydrogen-bond acceptors (Lipinski definition) is 4. The number of piperidine rings is 1. The van der Waals surface area contributed by atoms with Gasteiger partial charge in [0.05, 0.1) is 5.52 Å². The highest BCUT2D eigenvalue weighted by atomic mass is 16.1. The predicted octanol–water partition coefficient (Wildman–Crippen LogP) is 2.58. The van der Waals surface area contributed by atoms with Gasteiger partial charge in [-0.2, -0.15) is 0 Å². The van der Waals surface area contributed by atoms with Crippen LogP contribution in [0.15, 0.2) is 35.5 Å². The Labute approximate surface area is 148 Å². The molecule has 1 aliphatic heterocycles. The van der Waals surface area contributed by atoms with E-state index in [1.165, 1.54) is 10.9 Å². The van der Waals surface area contributed by atoms with E-state index in [0.29, 0.717) is 18.3 Å². The number of likely N-dealkylation sites (tertiary alicyclic amines) is 1. The zero-order chi connectivity index (χ0) is 17.8. The fraction of sp³-hybridized carbons (Fsp3) is 0.450. The topological polar surface area (TPSA) is 71.6 Å². The summed E-state index contributed by atoms with van der Waals surface area (Å²) in [6, 6.07) is 8.48. The Hall–Kier alpha value is -2.27. The Morgan fingerprint density at radius 1 is 1.40 bits per heavy atom. The fourth-order valence-electron chi connectivity index (χ4n) is 3.95. The number of fused-ring (bicyclic) bond motifs is 1. The highest BCUT2D eigenvalue weighted by Crippen LogP contribution is 2.34. The SMILES string of the molecule is C/N=C/c1ccc(C2CC(C)CN(CCC(N)=O)C2)c2cccnc12. The van der Waals surface area contributed by atoms with E-state index < -0.39 is 0 Å². The first kappa shape index (κ1) is 17.5. The van der Waals surface area contributed by atoms with Crippen molar-refractivity contribution in [2.45, 2.75) is 25.7 Å². The summed E-state index contributed by atoms with van der Waals surface area (Å²) in [6.45, 7) is 5.01. The average Bonchev–Trinajstić information content (AvgIpc) is 2.60. The number of carbonyl (C=O) groups excluding carboxylic acids is 1. The van der Waals surface area contributed by atoms with Gasteiger partial charge in [-0.25, -0.2) is 0 Å². The van der Waals surface area contributed by atoms with E-state index in [-0.39, 0.29) is 5.91 Å². The van der Waals surface area contributed by atoms with Crippen LogP contribution in [0.3, 0.4) is 0 Å². The average molecular weight is 338 g/mol. The second-order valence-corrected chi connectivity index (χ2v) is 7.04. The molecule has 2 atom stereocenters. The van der Waals surface area contributed by atoms with Gasteiger partial charge in [-0.1, -0.05) is 25.1 Å². The van der Waals surface area contributed by atoms with Crippen molar-refractivity contribution >= 4 is 23.0 Å². The number of pyridine rings is 1. The van der Waals surface area contributed by atoms with Crippen molar-refractivity contribution in [2.75, 3.05) is 26.7 Å². The molecule has 0 spiro atoms. The van der Waals surface area contributed by atoms with Crippen molar-refractivity contribution < 1.29 is 4.79 Å². The number of nitrogens with two attached hydrogens (primary N) is 1. The number of aromatic nitrogens is 1. The summed E-state index contributed by atoms with van der Waals surface area (Å²) >= 11 is 0. The quantitative estimate of drug-likeness (QED) is 0.852. The van der Waals surface area contributed by atoms with Crippen LogP contribution >= 0.6 is 0 Å². The number of carbonyl (C=O) groups is 1. The van der Waals surface area contributed by atoms with Crippen molar-refractivity contribution in [3.05, 3.63) is 41.6 Å². The normalized spacial score (nSPS) is 21.8. The van der Waals surface area contributed by atoms with Crippen LogP contribution in [0.5, 0.6) is 0 Å². The maximum Gasteiger partial charge on any atom is 0.218 e. The fourth-order valence-corrected chi connectivity index (χ4v) is 3.95. The van der Waals surface area contributed by atoms with Gasteiger partial charge in [-0.05, 0) is 29.9 Å². The van der Waals surface area contributed by atoms with Crippen LogP contribution in [-0.2, 0) is 4.79 Å². The molecule has 3 rings (SSSR count). The summed E-state index contributed by atoms with van der Waals surface area (Å²) in [5.74, 6) is 0.804. The third-order valence-electron chi connectivity index (χ3n) is 4.95. The molecule has 2 heterocycles. The summed E-state index contributed by atoms with van der Waals surface area (Å²) < 4.78 is 0. The summed E-state index contributed by atoms with van der Waals surface area (Å²) in [5, 5.41) is 1.20. The lowest BCUT2D eigenvalue weighted by atomic mass is 9.83. The van der Waals surface area contributed by atoms with Crippen LogP contribution in [0.25, 0.3) is 10.9 Å². The van der Waals surface area contributed by atoms with Gasteiger partial charge in [-0.15, -0.1) is 0 Å². The van der Waals surface area contributed by atoms with E-state index in [0.717, 1.165) is 37.1 Å². The molecule has 5 nitrogen and oxygen atoms in total. The van der Waals surface area contributed by atoms with Crippen molar-refractivity contribution in [1.29, 1.82) is 0 Å². The molecule has 2 N–H and O–H groups in total. The third kappa shape index (κ3) is 4.04. The molecule has 2 unspecified atom stereocenters. The van der Waals surface area contributed by atoms with Gasteiger partial charge < -0.3 is 10.6 Å². The molecular weight excluding hydrogens is 312 g/mol. The number of hydrogen-bond donors (Lipinski definition) is 1. The highest BCUT2D eigenvalue weighted by molar-refractivity contribution is 5.98. The zero-order valence-corrected chi connectivity index (χ0v) is 15.0. The Kier molecular flexibility index (Phi) is 5.43. The van der Waals surface area contributed by atoms with E-state index in [4.69, 9.17) is 5.73 Å². The minimum atomic E-state index is -0.229. The van der Waals surface area contributed by atoms with E-state index >= 15 is 0 Å². The number of amides is 1. The van der Waals surface area contributed by atoms with Gasteiger partial charge in [0.2, 0.25) is 5.91 Å². The van der Waals surface area contributed by atoms with Gasteiger partial charge >= 0.3 is 0 Å². The van der Waals surface area contributed by atoms with Crippen molar-refractivity contribution in [3.63, 3.8) is 0 Å². The Morgan fingerprint density at radius 3 is 3.00 bits per heavy atom. The third-order valence-corrected chi connectivity index (χ3v) is 4.95. The number of nitrogens with zero attached hydrogens (tertiary/aromatic N) is 3. The number of benzene rings is 1. The van der Waals surface area contributed by atoms with Crippen LogP contribution in [0.2, 0.25) is 0 Å². The van der Waals surface area contributed by atoms with Crippen molar-refractivity contribution in [3.8, 4) is 0 Å². The predicted molar refractivity (Wildman–Crippen MR) is 102 cm³/mol. The lowest BCUT2D eigenvalue weighted by molar-refractivity contribution is -0.118. The molecule has 2 aromatic rings. The van der Waals surface area contributed by atoms with Crippen LogP contribution in [0, 0.1) is 5.92 Å². The molecule has 0 saturated carbocycles. The molecule has 1 aliphatic rings. The Balaban J connectivity index is 1.92. The van der Waals surface area contributed by atoms with Crippen LogP contribution < -0.4 is 5.73 Å². The molecule has 0 bridgehead atoms. The lowest BCUT2D eigenvalue weighted by Gasteiger charge is -2.37. The largest absolute Gasteiger partial charge is 0.370 e. The monoisotopic (exact) mass is 338 g/mol. The van der Waals surface area contributed by atoms with Crippen LogP contribution in [-0.4, -0.2) is 48.7 Å². The molecule has 1 fully saturated rings. The summed E-state index contributed by atoms with van der Waals surface area (Å²) in [4.78, 5) is 22.2. The molecule has 25 heavy (non-hydrogen) atoms. The maximum absolute atomic E-state index is 11.1. The number of primary amides is 1. The molecule has 1 saturated heterocycles. The molecular formula is C20H26N4O. The van der Waals surface area contributed by atoms with E-state index in [2.05, 4.69) is 40.0 Å². The molecule has 132 valence electrons. The lowest BCUT2D eigenvalue weighted by Crippen LogP contribution is -2.40. The Bertz CT molecular complexity index is 786. The summed E-state index contributed by atoms with van der Waals surface area (Å²) in [6.07, 6.45) is 5.27. The van der Waals surface area contributed by atoms with Crippen molar-refractivity contribution in [1.82, 2.24) is 9.88 Å². The molecule has 1 aromatic heterocycles. The summed E-state index contributed by atoms with van der Waals surface area (Å²) in [5.41, 5.74) is 8.72. The minimum absolute atomic E-state index is 0.229. The number of aliphatic imine (C=N–C) groups is 1. The first-order valence-electron chi connectivity index (χ1n) is 8.89. The molecule has 1 amide bonds. The van der Waals surface area contributed by atoms with Gasteiger partial charge in [0.25, 0.3) is 0 Å². The summed E-state index contributed by atoms with van der Waals surface area (Å²) in [7, 11) is 1.78. The zero-order valence-electron chi connectivity index (χ0n) is 15.0. The Morgan fingerprint density at radius 2 is 2.24 bits per heavy atom. The van der Waals surface area contributed by atoms with E-state index in [9.17, 15) is 4.79 Å². The molecule has 0 aliphatic carbocycles. The molecule has 1 aromatic carbocycles. The second-order valence-electron chi connectivity index (χ2n) is 7.04. The van der Waals surface area contributed by atoms with Gasteiger partial charge in [0.15, 0.2) is 0 Å².